The first-order chi connectivity index (χ1) is 10.4. The van der Waals surface area contributed by atoms with Crippen LogP contribution < -0.4 is 5.32 Å². The first kappa shape index (κ1) is 17.6. The van der Waals surface area contributed by atoms with Crippen molar-refractivity contribution < 1.29 is 24.2 Å². The number of nitrogens with zero attached hydrogens (tertiary/aromatic N) is 1. The molecule has 23 heavy (non-hydrogen) atoms. The van der Waals surface area contributed by atoms with Crippen LogP contribution in [0.25, 0.3) is 0 Å². The highest BCUT2D eigenvalue weighted by Crippen LogP contribution is 2.64. The summed E-state index contributed by atoms with van der Waals surface area (Å²) in [5, 5.41) is 12.0. The summed E-state index contributed by atoms with van der Waals surface area (Å²) in [6.07, 6.45) is -0.685. The highest BCUT2D eigenvalue weighted by molar-refractivity contribution is 5.90. The molecule has 0 aromatic heterocycles. The van der Waals surface area contributed by atoms with E-state index in [1.54, 1.807) is 27.7 Å². The number of rotatable bonds is 3. The molecule has 2 amide bonds. The molecule has 0 bridgehead atoms. The molecule has 2 rings (SSSR count). The Kier molecular flexibility index (Phi) is 4.11. The number of piperidine rings is 1. The molecule has 2 N–H and O–H groups in total. The lowest BCUT2D eigenvalue weighted by Gasteiger charge is -2.30. The van der Waals surface area contributed by atoms with Crippen LogP contribution in [-0.2, 0) is 14.3 Å². The molecule has 7 heteroatoms. The van der Waals surface area contributed by atoms with Crippen LogP contribution >= 0.6 is 0 Å². The monoisotopic (exact) mass is 326 g/mol. The van der Waals surface area contributed by atoms with Gasteiger partial charge in [-0.25, -0.2) is 9.59 Å². The van der Waals surface area contributed by atoms with E-state index < -0.39 is 29.7 Å². The molecule has 130 valence electrons. The smallest absolute Gasteiger partial charge is 0.408 e. The van der Waals surface area contributed by atoms with Gasteiger partial charge in [0.1, 0.15) is 17.7 Å². The van der Waals surface area contributed by atoms with Crippen molar-refractivity contribution in [1.29, 1.82) is 0 Å². The third-order valence-corrected chi connectivity index (χ3v) is 4.85. The second kappa shape index (κ2) is 5.39. The fraction of sp³-hybridized carbons (Fsp3) is 0.812. The molecule has 0 aromatic carbocycles. The van der Waals surface area contributed by atoms with E-state index in [2.05, 4.69) is 5.32 Å². The zero-order chi connectivity index (χ0) is 17.7. The van der Waals surface area contributed by atoms with Crippen LogP contribution in [0, 0.1) is 17.3 Å². The van der Waals surface area contributed by atoms with E-state index in [1.165, 1.54) is 4.90 Å². The summed E-state index contributed by atoms with van der Waals surface area (Å²) in [5.74, 6) is -1.17. The van der Waals surface area contributed by atoms with E-state index >= 15 is 0 Å². The van der Waals surface area contributed by atoms with Crippen LogP contribution in [0.4, 0.5) is 4.79 Å². The van der Waals surface area contributed by atoms with Crippen molar-refractivity contribution in [3.05, 3.63) is 0 Å². The zero-order valence-electron chi connectivity index (χ0n) is 14.5. The normalized spacial score (nSPS) is 29.5. The van der Waals surface area contributed by atoms with E-state index in [0.29, 0.717) is 6.54 Å². The Morgan fingerprint density at radius 3 is 2.35 bits per heavy atom. The first-order valence-corrected chi connectivity index (χ1v) is 7.89. The number of amides is 2. The van der Waals surface area contributed by atoms with E-state index in [0.717, 1.165) is 0 Å². The Hall–Kier alpha value is -1.79. The average Bonchev–Trinajstić information content (AvgIpc) is 2.73. The number of hydrogen-bond acceptors (Lipinski definition) is 4. The number of likely N-dealkylation sites (tertiary alicyclic amines) is 1. The Labute approximate surface area is 136 Å². The minimum atomic E-state index is -0.985. The van der Waals surface area contributed by atoms with Crippen LogP contribution in [0.1, 0.15) is 41.5 Å². The molecule has 1 heterocycles. The molecule has 1 saturated carbocycles. The van der Waals surface area contributed by atoms with Crippen molar-refractivity contribution in [2.45, 2.75) is 59.2 Å². The number of aliphatic carboxylic acids is 1. The maximum absolute atomic E-state index is 12.5. The van der Waals surface area contributed by atoms with Crippen molar-refractivity contribution >= 4 is 18.0 Å². The molecule has 0 aromatic rings. The molecule has 0 radical (unpaired) electrons. The van der Waals surface area contributed by atoms with Gasteiger partial charge in [-0.2, -0.15) is 0 Å². The topological polar surface area (TPSA) is 95.9 Å². The number of hydrogen-bond donors (Lipinski definition) is 2. The molecular weight excluding hydrogens is 300 g/mol. The van der Waals surface area contributed by atoms with Gasteiger partial charge in [0.15, 0.2) is 0 Å². The standard InChI is InChI=1S/C16H26N2O5/c1-8(17-14(22)23-15(2,3)4)12(19)18-7-9-10(16(9,5)6)11(18)13(20)21/h8-11H,7H2,1-6H3,(H,17,22)(H,20,21)/t8-,9?,10?,11-/m0/s1. The second-order valence-corrected chi connectivity index (χ2v) is 8.10. The third kappa shape index (κ3) is 3.28. The Bertz CT molecular complexity index is 537. The minimum absolute atomic E-state index is 0.0160. The highest BCUT2D eigenvalue weighted by Gasteiger charge is 2.69. The number of carbonyl (C=O) groups excluding carboxylic acids is 2. The highest BCUT2D eigenvalue weighted by atomic mass is 16.6. The van der Waals surface area contributed by atoms with Gasteiger partial charge in [-0.05, 0) is 39.0 Å². The second-order valence-electron chi connectivity index (χ2n) is 8.10. The molecule has 1 saturated heterocycles. The average molecular weight is 326 g/mol. The summed E-state index contributed by atoms with van der Waals surface area (Å²) < 4.78 is 5.12. The quantitative estimate of drug-likeness (QED) is 0.819. The Morgan fingerprint density at radius 1 is 1.30 bits per heavy atom. The molecule has 0 spiro atoms. The molecule has 2 aliphatic rings. The van der Waals surface area contributed by atoms with E-state index in [-0.39, 0.29) is 23.2 Å². The molecule has 2 unspecified atom stereocenters. The molecule has 4 atom stereocenters. The number of nitrogens with one attached hydrogen (secondary N) is 1. The van der Waals surface area contributed by atoms with Crippen molar-refractivity contribution in [1.82, 2.24) is 10.2 Å². The van der Waals surface area contributed by atoms with Gasteiger partial charge >= 0.3 is 12.1 Å². The predicted octanol–water partition coefficient (Wildman–Crippen LogP) is 1.47. The number of ether oxygens (including phenoxy) is 1. The lowest BCUT2D eigenvalue weighted by Crippen LogP contribution is -2.53. The Balaban J connectivity index is 2.00. The summed E-state index contributed by atoms with van der Waals surface area (Å²) in [6, 6.07) is -1.64. The van der Waals surface area contributed by atoms with Crippen LogP contribution in [0.5, 0.6) is 0 Å². The fourth-order valence-electron chi connectivity index (χ4n) is 3.59. The van der Waals surface area contributed by atoms with Crippen LogP contribution in [-0.4, -0.2) is 52.2 Å². The van der Waals surface area contributed by atoms with Crippen LogP contribution in [0.15, 0.2) is 0 Å². The lowest BCUT2D eigenvalue weighted by molar-refractivity contribution is -0.150. The molecule has 1 aliphatic carbocycles. The van der Waals surface area contributed by atoms with Gasteiger partial charge in [-0.1, -0.05) is 13.8 Å². The van der Waals surface area contributed by atoms with Crippen molar-refractivity contribution in [3.63, 3.8) is 0 Å². The Morgan fingerprint density at radius 2 is 1.87 bits per heavy atom. The summed E-state index contributed by atoms with van der Waals surface area (Å²) in [5.41, 5.74) is -0.697. The first-order valence-electron chi connectivity index (χ1n) is 7.89. The molecule has 1 aliphatic heterocycles. The maximum atomic E-state index is 12.5. The molecular formula is C16H26N2O5. The van der Waals surface area contributed by atoms with Gasteiger partial charge in [-0.15, -0.1) is 0 Å². The van der Waals surface area contributed by atoms with Gasteiger partial charge in [-0.3, -0.25) is 4.79 Å². The van der Waals surface area contributed by atoms with E-state index in [1.807, 2.05) is 13.8 Å². The fourth-order valence-corrected chi connectivity index (χ4v) is 3.59. The molecule has 2 fully saturated rings. The number of carboxylic acid groups (broad SMARTS) is 1. The summed E-state index contributed by atoms with van der Waals surface area (Å²) in [7, 11) is 0. The predicted molar refractivity (Wildman–Crippen MR) is 82.7 cm³/mol. The van der Waals surface area contributed by atoms with Crippen molar-refractivity contribution in [2.75, 3.05) is 6.54 Å². The summed E-state index contributed by atoms with van der Waals surface area (Å²) in [4.78, 5) is 37.2. The maximum Gasteiger partial charge on any atom is 0.408 e. The number of carbonyl (C=O) groups is 3. The van der Waals surface area contributed by atoms with Crippen molar-refractivity contribution in [2.24, 2.45) is 17.3 Å². The third-order valence-electron chi connectivity index (χ3n) is 4.85. The minimum Gasteiger partial charge on any atom is -0.480 e. The largest absolute Gasteiger partial charge is 0.480 e. The van der Waals surface area contributed by atoms with Crippen LogP contribution in [0.3, 0.4) is 0 Å². The van der Waals surface area contributed by atoms with E-state index in [4.69, 9.17) is 4.74 Å². The van der Waals surface area contributed by atoms with E-state index in [9.17, 15) is 19.5 Å². The lowest BCUT2D eigenvalue weighted by atomic mass is 10.0. The van der Waals surface area contributed by atoms with Gasteiger partial charge in [0, 0.05) is 12.5 Å². The number of carboxylic acids is 1. The SMILES string of the molecule is C[C@H](NC(=O)OC(C)(C)C)C(=O)N1CC2C([C@H]1C(=O)O)C2(C)C. The van der Waals surface area contributed by atoms with Crippen molar-refractivity contribution in [3.8, 4) is 0 Å². The van der Waals surface area contributed by atoms with Gasteiger partial charge in [0.05, 0.1) is 0 Å². The van der Waals surface area contributed by atoms with Gasteiger partial charge < -0.3 is 20.1 Å². The zero-order valence-corrected chi connectivity index (χ0v) is 14.5. The summed E-state index contributed by atoms with van der Waals surface area (Å²) >= 11 is 0. The number of fused-ring (bicyclic) bond motifs is 1. The summed E-state index contributed by atoms with van der Waals surface area (Å²) in [6.45, 7) is 11.2. The molecule has 7 nitrogen and oxygen atoms in total. The van der Waals surface area contributed by atoms with Gasteiger partial charge in [0.2, 0.25) is 5.91 Å². The van der Waals surface area contributed by atoms with Gasteiger partial charge in [0.25, 0.3) is 0 Å². The van der Waals surface area contributed by atoms with Crippen LogP contribution in [0.2, 0.25) is 0 Å². The number of alkyl carbamates (subject to hydrolysis) is 1.